The van der Waals surface area contributed by atoms with E-state index in [1.54, 1.807) is 17.4 Å². The number of nitrogens with one attached hydrogen (secondary N) is 1. The van der Waals surface area contributed by atoms with Crippen molar-refractivity contribution < 1.29 is 0 Å². The number of aromatic nitrogens is 1. The summed E-state index contributed by atoms with van der Waals surface area (Å²) in [5, 5.41) is 8.02. The van der Waals surface area contributed by atoms with Crippen molar-refractivity contribution in [1.82, 2.24) is 10.3 Å². The van der Waals surface area contributed by atoms with Crippen molar-refractivity contribution in [3.8, 4) is 0 Å². The maximum Gasteiger partial charge on any atom is 0.0897 e. The van der Waals surface area contributed by atoms with E-state index in [4.69, 9.17) is 34.8 Å². The molecule has 1 unspecified atom stereocenters. The lowest BCUT2D eigenvalue weighted by atomic mass is 10.1. The molecule has 108 valence electrons. The molecule has 0 aliphatic heterocycles. The number of nitrogens with zero attached hydrogens (tertiary/aromatic N) is 1. The zero-order valence-electron chi connectivity index (χ0n) is 11.2. The van der Waals surface area contributed by atoms with Gasteiger partial charge in [0, 0.05) is 24.4 Å². The van der Waals surface area contributed by atoms with Gasteiger partial charge in [-0.15, -0.1) is 11.3 Å². The molecule has 0 saturated heterocycles. The van der Waals surface area contributed by atoms with Gasteiger partial charge in [-0.25, -0.2) is 4.98 Å². The molecule has 1 aromatic carbocycles. The van der Waals surface area contributed by atoms with Crippen molar-refractivity contribution in [2.24, 2.45) is 0 Å². The minimum Gasteiger partial charge on any atom is -0.310 e. The topological polar surface area (TPSA) is 24.9 Å². The van der Waals surface area contributed by atoms with Crippen LogP contribution in [-0.2, 0) is 6.42 Å². The molecular weight excluding hydrogens is 335 g/mol. The van der Waals surface area contributed by atoms with E-state index in [2.05, 4.69) is 22.6 Å². The van der Waals surface area contributed by atoms with Gasteiger partial charge in [0.2, 0.25) is 0 Å². The predicted octanol–water partition coefficient (Wildman–Crippen LogP) is 5.31. The largest absolute Gasteiger partial charge is 0.310 e. The zero-order valence-corrected chi connectivity index (χ0v) is 14.3. The summed E-state index contributed by atoms with van der Waals surface area (Å²) in [6.07, 6.45) is 0.896. The van der Waals surface area contributed by atoms with Gasteiger partial charge in [0.1, 0.15) is 0 Å². The highest BCUT2D eigenvalue weighted by Gasteiger charge is 2.14. The Kier molecular flexibility index (Phi) is 5.70. The quantitative estimate of drug-likeness (QED) is 0.740. The van der Waals surface area contributed by atoms with E-state index in [-0.39, 0.29) is 6.04 Å². The second kappa shape index (κ2) is 7.10. The second-order valence-electron chi connectivity index (χ2n) is 4.55. The van der Waals surface area contributed by atoms with Crippen LogP contribution in [0, 0.1) is 6.92 Å². The minimum atomic E-state index is 0.108. The lowest BCUT2D eigenvalue weighted by Gasteiger charge is -2.16. The lowest BCUT2D eigenvalue weighted by Crippen LogP contribution is -2.21. The third-order valence-electron chi connectivity index (χ3n) is 3.03. The summed E-state index contributed by atoms with van der Waals surface area (Å²) < 4.78 is 0. The number of aryl methyl sites for hydroxylation is 1. The monoisotopic (exact) mass is 348 g/mol. The summed E-state index contributed by atoms with van der Waals surface area (Å²) in [5.74, 6) is 0. The van der Waals surface area contributed by atoms with Crippen LogP contribution >= 0.6 is 46.1 Å². The van der Waals surface area contributed by atoms with Crippen LogP contribution in [0.1, 0.15) is 29.2 Å². The van der Waals surface area contributed by atoms with E-state index in [9.17, 15) is 0 Å². The number of hydrogen-bond acceptors (Lipinski definition) is 3. The third kappa shape index (κ3) is 3.86. The standard InChI is InChI=1S/C14H15Cl3N2S/c1-8(11-3-4-12(15)14(17)13(11)16)18-6-5-10-7-20-9(2)19-10/h3-4,7-8,18H,5-6H2,1-2H3. The number of halogens is 3. The number of benzene rings is 1. The molecule has 0 spiro atoms. The highest BCUT2D eigenvalue weighted by atomic mass is 35.5. The summed E-state index contributed by atoms with van der Waals surface area (Å²) in [6, 6.07) is 3.78. The fraction of sp³-hybridized carbons (Fsp3) is 0.357. The van der Waals surface area contributed by atoms with Gasteiger partial charge in [-0.3, -0.25) is 0 Å². The summed E-state index contributed by atoms with van der Waals surface area (Å²) in [7, 11) is 0. The van der Waals surface area contributed by atoms with E-state index in [1.807, 2.05) is 13.0 Å². The van der Waals surface area contributed by atoms with E-state index < -0.39 is 0 Å². The molecule has 0 radical (unpaired) electrons. The SMILES string of the molecule is Cc1nc(CCNC(C)c2ccc(Cl)c(Cl)c2Cl)cs1. The molecule has 0 saturated carbocycles. The van der Waals surface area contributed by atoms with Gasteiger partial charge in [-0.05, 0) is 25.5 Å². The molecule has 2 rings (SSSR count). The molecule has 1 heterocycles. The summed E-state index contributed by atoms with van der Waals surface area (Å²) >= 11 is 19.9. The molecule has 1 aromatic heterocycles. The molecular formula is C14H15Cl3N2S. The van der Waals surface area contributed by atoms with Crippen molar-refractivity contribution in [1.29, 1.82) is 0 Å². The van der Waals surface area contributed by atoms with Crippen LogP contribution in [-0.4, -0.2) is 11.5 Å². The van der Waals surface area contributed by atoms with Gasteiger partial charge in [0.15, 0.2) is 0 Å². The maximum atomic E-state index is 6.23. The van der Waals surface area contributed by atoms with Gasteiger partial charge < -0.3 is 5.32 Å². The molecule has 0 fully saturated rings. The van der Waals surface area contributed by atoms with Crippen LogP contribution in [0.2, 0.25) is 15.1 Å². The van der Waals surface area contributed by atoms with Crippen LogP contribution in [0.4, 0.5) is 0 Å². The van der Waals surface area contributed by atoms with Gasteiger partial charge in [0.05, 0.1) is 25.8 Å². The second-order valence-corrected chi connectivity index (χ2v) is 6.77. The van der Waals surface area contributed by atoms with Crippen LogP contribution < -0.4 is 5.32 Å². The fourth-order valence-electron chi connectivity index (χ4n) is 1.93. The van der Waals surface area contributed by atoms with E-state index in [1.165, 1.54) is 0 Å². The first-order chi connectivity index (χ1) is 9.49. The van der Waals surface area contributed by atoms with E-state index >= 15 is 0 Å². The van der Waals surface area contributed by atoms with Crippen molar-refractivity contribution in [2.75, 3.05) is 6.54 Å². The highest BCUT2D eigenvalue weighted by Crippen LogP contribution is 2.35. The Bertz CT molecular complexity index is 598. The van der Waals surface area contributed by atoms with Gasteiger partial charge >= 0.3 is 0 Å². The summed E-state index contributed by atoms with van der Waals surface area (Å²) in [5.41, 5.74) is 2.07. The molecule has 2 aromatic rings. The Balaban J connectivity index is 1.95. The first-order valence-corrected chi connectivity index (χ1v) is 8.28. The molecule has 0 aliphatic rings. The van der Waals surface area contributed by atoms with Crippen LogP contribution in [0.15, 0.2) is 17.5 Å². The normalized spacial score (nSPS) is 12.7. The van der Waals surface area contributed by atoms with Gasteiger partial charge in [0.25, 0.3) is 0 Å². The first kappa shape index (κ1) is 16.1. The smallest absolute Gasteiger partial charge is 0.0897 e. The minimum absolute atomic E-state index is 0.108. The fourth-order valence-corrected chi connectivity index (χ4v) is 3.28. The van der Waals surface area contributed by atoms with Crippen molar-refractivity contribution in [2.45, 2.75) is 26.3 Å². The lowest BCUT2D eigenvalue weighted by molar-refractivity contribution is 0.574. The van der Waals surface area contributed by atoms with E-state index in [0.717, 1.165) is 29.2 Å². The summed E-state index contributed by atoms with van der Waals surface area (Å²) in [6.45, 7) is 4.90. The molecule has 1 atom stereocenters. The average Bonchev–Trinajstić information content (AvgIpc) is 2.82. The van der Waals surface area contributed by atoms with Crippen LogP contribution in [0.5, 0.6) is 0 Å². The van der Waals surface area contributed by atoms with Gasteiger partial charge in [-0.1, -0.05) is 40.9 Å². The number of thiazole rings is 1. The molecule has 1 N–H and O–H groups in total. The molecule has 6 heteroatoms. The maximum absolute atomic E-state index is 6.23. The van der Waals surface area contributed by atoms with Gasteiger partial charge in [-0.2, -0.15) is 0 Å². The zero-order chi connectivity index (χ0) is 14.7. The number of rotatable bonds is 5. The molecule has 0 amide bonds. The summed E-state index contributed by atoms with van der Waals surface area (Å²) in [4.78, 5) is 4.44. The van der Waals surface area contributed by atoms with Crippen LogP contribution in [0.3, 0.4) is 0 Å². The Morgan fingerprint density at radius 1 is 1.25 bits per heavy atom. The Labute approximate surface area is 138 Å². The first-order valence-electron chi connectivity index (χ1n) is 6.27. The molecule has 20 heavy (non-hydrogen) atoms. The Morgan fingerprint density at radius 3 is 2.65 bits per heavy atom. The van der Waals surface area contributed by atoms with Crippen molar-refractivity contribution in [3.63, 3.8) is 0 Å². The average molecular weight is 350 g/mol. The van der Waals surface area contributed by atoms with E-state index in [0.29, 0.717) is 15.1 Å². The van der Waals surface area contributed by atoms with Crippen LogP contribution in [0.25, 0.3) is 0 Å². The van der Waals surface area contributed by atoms with Crippen molar-refractivity contribution in [3.05, 3.63) is 48.8 Å². The Hall–Kier alpha value is -0.320. The molecule has 2 nitrogen and oxygen atoms in total. The predicted molar refractivity (Wildman–Crippen MR) is 88.4 cm³/mol. The highest BCUT2D eigenvalue weighted by molar-refractivity contribution is 7.09. The third-order valence-corrected chi connectivity index (χ3v) is 5.16. The number of hydrogen-bond donors (Lipinski definition) is 1. The van der Waals surface area contributed by atoms with Crippen molar-refractivity contribution >= 4 is 46.1 Å². The molecule has 0 aliphatic carbocycles. The molecule has 0 bridgehead atoms. The Morgan fingerprint density at radius 2 is 2.00 bits per heavy atom.